The molecule has 19 heavy (non-hydrogen) atoms. The van der Waals surface area contributed by atoms with Gasteiger partial charge in [0.2, 0.25) is 0 Å². The lowest BCUT2D eigenvalue weighted by Crippen LogP contribution is -2.01. The fourth-order valence-electron chi connectivity index (χ4n) is 1.49. The van der Waals surface area contributed by atoms with E-state index in [4.69, 9.17) is 18.0 Å². The van der Waals surface area contributed by atoms with Crippen LogP contribution in [0.15, 0.2) is 34.8 Å². The molecule has 0 aliphatic rings. The van der Waals surface area contributed by atoms with Gasteiger partial charge in [-0.05, 0) is 46.6 Å². The molecule has 98 valence electrons. The lowest BCUT2D eigenvalue weighted by Gasteiger charge is -2.07. The molecule has 1 rings (SSSR count). The Kier molecular flexibility index (Phi) is 5.88. The first-order chi connectivity index (χ1) is 9.03. The van der Waals surface area contributed by atoms with Crippen LogP contribution in [0.4, 0.5) is 0 Å². The van der Waals surface area contributed by atoms with Crippen molar-refractivity contribution in [2.24, 2.45) is 0 Å². The van der Waals surface area contributed by atoms with E-state index in [0.29, 0.717) is 15.1 Å². The van der Waals surface area contributed by atoms with E-state index in [9.17, 15) is 4.79 Å². The number of ether oxygens (including phenoxy) is 1. The predicted molar refractivity (Wildman–Crippen MR) is 82.3 cm³/mol. The zero-order chi connectivity index (χ0) is 14.4. The molecule has 0 aromatic heterocycles. The van der Waals surface area contributed by atoms with Crippen LogP contribution in [0.25, 0.3) is 5.57 Å². The zero-order valence-corrected chi connectivity index (χ0v) is 12.9. The largest absolute Gasteiger partial charge is 0.465 e. The molecule has 0 saturated heterocycles. The Morgan fingerprint density at radius 2 is 2.21 bits per heavy atom. The molecule has 0 bridgehead atoms. The van der Waals surface area contributed by atoms with Crippen LogP contribution in [-0.2, 0) is 4.74 Å². The number of esters is 1. The number of hydrogen-bond donors (Lipinski definition) is 0. The fourth-order valence-corrected chi connectivity index (χ4v) is 2.03. The Labute approximate surface area is 126 Å². The average Bonchev–Trinajstić information content (AvgIpc) is 2.43. The zero-order valence-electron chi connectivity index (χ0n) is 10.5. The number of benzene rings is 1. The first-order valence-electron chi connectivity index (χ1n) is 5.41. The first kappa shape index (κ1) is 15.6. The molecular weight excluding hydrogens is 328 g/mol. The summed E-state index contributed by atoms with van der Waals surface area (Å²) in [5.41, 5.74) is 2.07. The van der Waals surface area contributed by atoms with Crippen LogP contribution in [0.5, 0.6) is 0 Å². The number of halogens is 2. The molecule has 0 unspecified atom stereocenters. The van der Waals surface area contributed by atoms with Gasteiger partial charge in [-0.25, -0.2) is 4.79 Å². The van der Waals surface area contributed by atoms with Crippen molar-refractivity contribution in [3.05, 3.63) is 51.0 Å². The van der Waals surface area contributed by atoms with Crippen LogP contribution < -0.4 is 0 Å². The molecule has 0 saturated carbocycles. The van der Waals surface area contributed by atoms with Crippen molar-refractivity contribution in [2.75, 3.05) is 7.11 Å². The number of allylic oxidation sites excluding steroid dienone is 4. The van der Waals surface area contributed by atoms with Crippen molar-refractivity contribution in [3.63, 3.8) is 0 Å². The van der Waals surface area contributed by atoms with Crippen molar-refractivity contribution < 1.29 is 9.53 Å². The lowest BCUT2D eigenvalue weighted by atomic mass is 10.0. The van der Waals surface area contributed by atoms with Crippen LogP contribution in [0.1, 0.15) is 22.8 Å². The second kappa shape index (κ2) is 7.18. The molecule has 1 aromatic carbocycles. The molecule has 1 aromatic rings. The lowest BCUT2D eigenvalue weighted by molar-refractivity contribution is 0.0600. The molecule has 2 nitrogen and oxygen atoms in total. The van der Waals surface area contributed by atoms with Crippen molar-refractivity contribution in [1.29, 1.82) is 0 Å². The maximum absolute atomic E-state index is 11.4. The number of carbonyl (C=O) groups excluding carboxylic acids is 1. The number of hydrogen-bond acceptors (Lipinski definition) is 2. The van der Waals surface area contributed by atoms with Gasteiger partial charge >= 0.3 is 5.97 Å². The molecule has 0 fully saturated rings. The molecule has 0 aliphatic carbocycles. The summed E-state index contributed by atoms with van der Waals surface area (Å²) >= 11 is 9.44. The highest BCUT2D eigenvalue weighted by molar-refractivity contribution is 9.12. The smallest absolute Gasteiger partial charge is 0.337 e. The molecule has 0 heterocycles. The van der Waals surface area contributed by atoms with Gasteiger partial charge < -0.3 is 4.74 Å². The second-order valence-corrected chi connectivity index (χ2v) is 4.83. The third kappa shape index (κ3) is 3.99. The molecule has 0 aliphatic heterocycles. The van der Waals surface area contributed by atoms with Gasteiger partial charge in [0.1, 0.15) is 0 Å². The van der Waals surface area contributed by atoms with E-state index < -0.39 is 5.97 Å². The molecule has 0 atom stereocenters. The van der Waals surface area contributed by atoms with E-state index in [-0.39, 0.29) is 0 Å². The Hall–Kier alpha value is -1.50. The molecule has 0 spiro atoms. The van der Waals surface area contributed by atoms with Gasteiger partial charge in [0.15, 0.2) is 0 Å². The Morgan fingerprint density at radius 1 is 1.53 bits per heavy atom. The van der Waals surface area contributed by atoms with E-state index in [0.717, 1.165) is 11.1 Å². The van der Waals surface area contributed by atoms with E-state index >= 15 is 0 Å². The van der Waals surface area contributed by atoms with Gasteiger partial charge in [0.25, 0.3) is 0 Å². The van der Waals surface area contributed by atoms with E-state index in [2.05, 4.69) is 26.6 Å². The Morgan fingerprint density at radius 3 is 2.68 bits per heavy atom. The van der Waals surface area contributed by atoms with Crippen molar-refractivity contribution in [3.8, 4) is 12.3 Å². The summed E-state index contributed by atoms with van der Waals surface area (Å²) in [5.74, 6) is 2.06. The molecular formula is C15H12BrClO2. The summed E-state index contributed by atoms with van der Waals surface area (Å²) < 4.78 is 5.26. The van der Waals surface area contributed by atoms with Crippen LogP contribution in [0, 0.1) is 12.3 Å². The minimum Gasteiger partial charge on any atom is -0.465 e. The van der Waals surface area contributed by atoms with Crippen LogP contribution in [-0.4, -0.2) is 13.1 Å². The maximum Gasteiger partial charge on any atom is 0.337 e. The van der Waals surface area contributed by atoms with E-state index in [1.54, 1.807) is 24.3 Å². The van der Waals surface area contributed by atoms with Crippen molar-refractivity contribution in [1.82, 2.24) is 0 Å². The second-order valence-electron chi connectivity index (χ2n) is 3.57. The summed E-state index contributed by atoms with van der Waals surface area (Å²) in [4.78, 5) is 11.4. The third-order valence-corrected chi connectivity index (χ3v) is 3.20. The molecule has 0 radical (unpaired) electrons. The topological polar surface area (TPSA) is 26.3 Å². The molecule has 0 N–H and O–H groups in total. The van der Waals surface area contributed by atoms with Gasteiger partial charge in [-0.2, -0.15) is 0 Å². The number of rotatable bonds is 3. The number of terminal acetylenes is 1. The number of carbonyl (C=O) groups is 1. The monoisotopic (exact) mass is 338 g/mol. The quantitative estimate of drug-likeness (QED) is 0.462. The summed E-state index contributed by atoms with van der Waals surface area (Å²) in [7, 11) is 1.33. The summed E-state index contributed by atoms with van der Waals surface area (Å²) in [5, 5.41) is 0.463. The molecule has 0 amide bonds. The van der Waals surface area contributed by atoms with Crippen molar-refractivity contribution >= 4 is 39.1 Å². The Bertz CT molecular complexity index is 595. The fraction of sp³-hybridized carbons (Fsp3) is 0.133. The third-order valence-electron chi connectivity index (χ3n) is 2.43. The van der Waals surface area contributed by atoms with E-state index in [1.807, 2.05) is 13.0 Å². The highest BCUT2D eigenvalue weighted by Gasteiger charge is 2.10. The SMILES string of the molecule is C#C/C(Br)=C\C(=C/C)c1ccc(C(=O)OC)cc1Cl. The average molecular weight is 340 g/mol. The minimum atomic E-state index is -0.421. The highest BCUT2D eigenvalue weighted by Crippen LogP contribution is 2.27. The summed E-state index contributed by atoms with van der Waals surface area (Å²) in [6, 6.07) is 5.00. The van der Waals surface area contributed by atoms with Gasteiger partial charge in [0.05, 0.1) is 17.2 Å². The number of methoxy groups -OCH3 is 1. The summed E-state index contributed by atoms with van der Waals surface area (Å²) in [6.45, 7) is 1.88. The maximum atomic E-state index is 11.4. The normalized spacial score (nSPS) is 11.9. The van der Waals surface area contributed by atoms with Crippen molar-refractivity contribution in [2.45, 2.75) is 6.92 Å². The summed E-state index contributed by atoms with van der Waals surface area (Å²) in [6.07, 6.45) is 8.96. The van der Waals surface area contributed by atoms with Crippen LogP contribution in [0.2, 0.25) is 5.02 Å². The van der Waals surface area contributed by atoms with Gasteiger partial charge in [-0.1, -0.05) is 29.7 Å². The first-order valence-corrected chi connectivity index (χ1v) is 6.59. The predicted octanol–water partition coefficient (Wildman–Crippen LogP) is 4.44. The van der Waals surface area contributed by atoms with Crippen LogP contribution in [0.3, 0.4) is 0 Å². The standard InChI is InChI=1S/C15H12BrClO2/c1-4-10(8-12(16)5-2)13-7-6-11(9-14(13)17)15(18)19-3/h2,4,6-9H,1,3H3/b10-4+,12-8+. The minimum absolute atomic E-state index is 0.409. The Balaban J connectivity index is 3.23. The van der Waals surface area contributed by atoms with Crippen LogP contribution >= 0.6 is 27.5 Å². The van der Waals surface area contributed by atoms with Gasteiger partial charge in [-0.15, -0.1) is 6.42 Å². The van der Waals surface area contributed by atoms with Gasteiger partial charge in [-0.3, -0.25) is 0 Å². The molecule has 4 heteroatoms. The van der Waals surface area contributed by atoms with E-state index in [1.165, 1.54) is 7.11 Å². The highest BCUT2D eigenvalue weighted by atomic mass is 79.9. The van der Waals surface area contributed by atoms with Gasteiger partial charge in [0, 0.05) is 10.6 Å².